The molecule has 0 aliphatic heterocycles. The Morgan fingerprint density at radius 2 is 1.88 bits per heavy atom. The number of nitrogens with one attached hydrogen (secondary N) is 1. The first-order chi connectivity index (χ1) is 8.27. The normalized spacial score (nSPS) is 12.1. The number of benzene rings is 1. The van der Waals surface area contributed by atoms with Gasteiger partial charge in [0.05, 0.1) is 12.6 Å². The number of amides is 1. The molecule has 4 heteroatoms. The van der Waals surface area contributed by atoms with E-state index in [4.69, 9.17) is 5.11 Å². The van der Waals surface area contributed by atoms with Gasteiger partial charge in [0.2, 0.25) is 5.91 Å². The van der Waals surface area contributed by atoms with Crippen LogP contribution in [0.25, 0.3) is 0 Å². The third-order valence-corrected chi connectivity index (χ3v) is 2.53. The summed E-state index contributed by atoms with van der Waals surface area (Å²) in [5.41, 5.74) is 0.894. The summed E-state index contributed by atoms with van der Waals surface area (Å²) in [5, 5.41) is 20.6. The van der Waals surface area contributed by atoms with E-state index in [1.807, 2.05) is 30.3 Å². The van der Waals surface area contributed by atoms with Gasteiger partial charge in [-0.25, -0.2) is 0 Å². The molecule has 0 bridgehead atoms. The second kappa shape index (κ2) is 7.81. The lowest BCUT2D eigenvalue weighted by Crippen LogP contribution is -2.30. The van der Waals surface area contributed by atoms with Gasteiger partial charge in [-0.05, 0) is 18.4 Å². The van der Waals surface area contributed by atoms with Crippen molar-refractivity contribution in [3.8, 4) is 0 Å². The largest absolute Gasteiger partial charge is 0.396 e. The molecule has 1 atom stereocenters. The van der Waals surface area contributed by atoms with E-state index in [2.05, 4.69) is 5.32 Å². The molecule has 0 heterocycles. The van der Waals surface area contributed by atoms with Gasteiger partial charge in [-0.1, -0.05) is 30.3 Å². The van der Waals surface area contributed by atoms with Crippen molar-refractivity contribution in [2.75, 3.05) is 13.2 Å². The van der Waals surface area contributed by atoms with E-state index in [0.29, 0.717) is 19.3 Å². The van der Waals surface area contributed by atoms with Crippen LogP contribution in [-0.4, -0.2) is 29.3 Å². The first-order valence-corrected chi connectivity index (χ1v) is 5.84. The molecule has 0 aliphatic carbocycles. The summed E-state index contributed by atoms with van der Waals surface area (Å²) in [6.45, 7) is -0.00878. The summed E-state index contributed by atoms with van der Waals surface area (Å²) in [5.74, 6) is -0.0960. The summed E-state index contributed by atoms with van der Waals surface area (Å²) in [6.07, 6.45) is 1.67. The third kappa shape index (κ3) is 4.97. The highest BCUT2D eigenvalue weighted by molar-refractivity contribution is 5.76. The molecule has 1 aromatic carbocycles. The molecule has 1 aromatic rings. The van der Waals surface area contributed by atoms with Crippen LogP contribution in [-0.2, 0) is 4.79 Å². The zero-order chi connectivity index (χ0) is 12.5. The Morgan fingerprint density at radius 3 is 2.47 bits per heavy atom. The SMILES string of the molecule is O=C(CCCCO)NC(CO)c1ccccc1. The minimum absolute atomic E-state index is 0.0960. The number of hydrogen-bond acceptors (Lipinski definition) is 3. The number of carbonyl (C=O) groups is 1. The van der Waals surface area contributed by atoms with Crippen molar-refractivity contribution < 1.29 is 15.0 Å². The second-order valence-electron chi connectivity index (χ2n) is 3.89. The Labute approximate surface area is 101 Å². The smallest absolute Gasteiger partial charge is 0.220 e. The van der Waals surface area contributed by atoms with E-state index in [1.165, 1.54) is 0 Å². The van der Waals surface area contributed by atoms with Crippen molar-refractivity contribution >= 4 is 5.91 Å². The predicted octanol–water partition coefficient (Wildman–Crippen LogP) is 0.999. The van der Waals surface area contributed by atoms with Gasteiger partial charge in [0.25, 0.3) is 0 Å². The van der Waals surface area contributed by atoms with Crippen molar-refractivity contribution in [3.05, 3.63) is 35.9 Å². The number of hydrogen-bond donors (Lipinski definition) is 3. The average Bonchev–Trinajstić information content (AvgIpc) is 2.37. The van der Waals surface area contributed by atoms with Crippen LogP contribution in [0.2, 0.25) is 0 Å². The average molecular weight is 237 g/mol. The van der Waals surface area contributed by atoms with Crippen LogP contribution in [0.3, 0.4) is 0 Å². The molecule has 0 saturated carbocycles. The third-order valence-electron chi connectivity index (χ3n) is 2.53. The van der Waals surface area contributed by atoms with Crippen LogP contribution in [0.4, 0.5) is 0 Å². The predicted molar refractivity (Wildman–Crippen MR) is 65.3 cm³/mol. The quantitative estimate of drug-likeness (QED) is 0.620. The molecule has 1 amide bonds. The molecule has 3 N–H and O–H groups in total. The highest BCUT2D eigenvalue weighted by Crippen LogP contribution is 2.11. The maximum Gasteiger partial charge on any atom is 0.220 e. The van der Waals surface area contributed by atoms with Crippen LogP contribution in [0.1, 0.15) is 30.9 Å². The maximum atomic E-state index is 11.6. The summed E-state index contributed by atoms with van der Waals surface area (Å²) >= 11 is 0. The Hall–Kier alpha value is -1.39. The minimum Gasteiger partial charge on any atom is -0.396 e. The van der Waals surface area contributed by atoms with Crippen LogP contribution in [0.5, 0.6) is 0 Å². The maximum absolute atomic E-state index is 11.6. The van der Waals surface area contributed by atoms with Gasteiger partial charge in [-0.2, -0.15) is 0 Å². The fourth-order valence-corrected chi connectivity index (χ4v) is 1.58. The van der Waals surface area contributed by atoms with Gasteiger partial charge < -0.3 is 15.5 Å². The summed E-state index contributed by atoms with van der Waals surface area (Å²) in [6, 6.07) is 9.02. The first-order valence-electron chi connectivity index (χ1n) is 5.84. The van der Waals surface area contributed by atoms with Gasteiger partial charge in [-0.3, -0.25) is 4.79 Å². The molecule has 4 nitrogen and oxygen atoms in total. The number of aliphatic hydroxyl groups excluding tert-OH is 2. The molecule has 94 valence electrons. The van der Waals surface area contributed by atoms with E-state index in [9.17, 15) is 9.90 Å². The number of aliphatic hydroxyl groups is 2. The van der Waals surface area contributed by atoms with E-state index >= 15 is 0 Å². The van der Waals surface area contributed by atoms with E-state index in [0.717, 1.165) is 5.56 Å². The second-order valence-corrected chi connectivity index (χ2v) is 3.89. The van der Waals surface area contributed by atoms with E-state index in [1.54, 1.807) is 0 Å². The molecule has 17 heavy (non-hydrogen) atoms. The summed E-state index contributed by atoms with van der Waals surface area (Å²) in [7, 11) is 0. The molecular formula is C13H19NO3. The lowest BCUT2D eigenvalue weighted by atomic mass is 10.1. The fourth-order valence-electron chi connectivity index (χ4n) is 1.58. The number of rotatable bonds is 7. The molecule has 0 saturated heterocycles. The Kier molecular flexibility index (Phi) is 6.29. The molecule has 0 aliphatic rings. The van der Waals surface area contributed by atoms with Gasteiger partial charge in [0.1, 0.15) is 0 Å². The topological polar surface area (TPSA) is 69.6 Å². The standard InChI is InChI=1S/C13H19NO3/c15-9-5-4-8-13(17)14-12(10-16)11-6-2-1-3-7-11/h1-3,6-7,12,15-16H,4-5,8-10H2,(H,14,17). The molecular weight excluding hydrogens is 218 g/mol. The lowest BCUT2D eigenvalue weighted by Gasteiger charge is -2.16. The van der Waals surface area contributed by atoms with Crippen molar-refractivity contribution in [1.29, 1.82) is 0 Å². The Balaban J connectivity index is 2.44. The Bertz CT molecular complexity index is 327. The molecule has 0 aromatic heterocycles. The highest BCUT2D eigenvalue weighted by Gasteiger charge is 2.12. The van der Waals surface area contributed by atoms with Crippen molar-refractivity contribution in [2.24, 2.45) is 0 Å². The van der Waals surface area contributed by atoms with Crippen molar-refractivity contribution in [3.63, 3.8) is 0 Å². The monoisotopic (exact) mass is 237 g/mol. The van der Waals surface area contributed by atoms with Crippen molar-refractivity contribution in [1.82, 2.24) is 5.32 Å². The molecule has 1 rings (SSSR count). The van der Waals surface area contributed by atoms with Gasteiger partial charge >= 0.3 is 0 Å². The highest BCUT2D eigenvalue weighted by atomic mass is 16.3. The fraction of sp³-hybridized carbons (Fsp3) is 0.462. The van der Waals surface area contributed by atoms with Crippen LogP contribution < -0.4 is 5.32 Å². The lowest BCUT2D eigenvalue weighted by molar-refractivity contribution is -0.122. The van der Waals surface area contributed by atoms with Gasteiger partial charge in [0.15, 0.2) is 0 Å². The van der Waals surface area contributed by atoms with E-state index in [-0.39, 0.29) is 25.2 Å². The van der Waals surface area contributed by atoms with Gasteiger partial charge in [-0.15, -0.1) is 0 Å². The summed E-state index contributed by atoms with van der Waals surface area (Å²) < 4.78 is 0. The van der Waals surface area contributed by atoms with Crippen LogP contribution >= 0.6 is 0 Å². The Morgan fingerprint density at radius 1 is 1.18 bits per heavy atom. The van der Waals surface area contributed by atoms with Gasteiger partial charge in [0, 0.05) is 13.0 Å². The van der Waals surface area contributed by atoms with Crippen LogP contribution in [0, 0.1) is 0 Å². The minimum atomic E-state index is -0.349. The molecule has 0 spiro atoms. The molecule has 0 radical (unpaired) electrons. The molecule has 1 unspecified atom stereocenters. The zero-order valence-electron chi connectivity index (χ0n) is 9.80. The molecule has 0 fully saturated rings. The van der Waals surface area contributed by atoms with Crippen molar-refractivity contribution in [2.45, 2.75) is 25.3 Å². The van der Waals surface area contributed by atoms with E-state index < -0.39 is 0 Å². The van der Waals surface area contributed by atoms with Crippen LogP contribution in [0.15, 0.2) is 30.3 Å². The number of carbonyl (C=O) groups excluding carboxylic acids is 1. The first kappa shape index (κ1) is 13.7. The zero-order valence-corrected chi connectivity index (χ0v) is 9.80. The number of unbranched alkanes of at least 4 members (excludes halogenated alkanes) is 1. The summed E-state index contributed by atoms with van der Waals surface area (Å²) in [4.78, 5) is 11.6.